The molecule has 1 aliphatic heterocycles. The lowest BCUT2D eigenvalue weighted by atomic mass is 10.0. The SMILES string of the molecule is CCC(CC)N1CCN(C(=O)O)CC1.O=C(c1ccccc1)c1ccccc1[N+](=O)[O-]. The highest BCUT2D eigenvalue weighted by Gasteiger charge is 2.23. The molecule has 8 heteroatoms. The van der Waals surface area contributed by atoms with Crippen LogP contribution in [0.15, 0.2) is 54.6 Å². The number of piperazine rings is 1. The highest BCUT2D eigenvalue weighted by molar-refractivity contribution is 6.11. The molecule has 0 atom stereocenters. The molecule has 1 heterocycles. The zero-order valence-electron chi connectivity index (χ0n) is 17.9. The van der Waals surface area contributed by atoms with Crippen molar-refractivity contribution in [3.8, 4) is 0 Å². The predicted octanol–water partition coefficient (Wildman–Crippen LogP) is 4.30. The van der Waals surface area contributed by atoms with Gasteiger partial charge in [-0.2, -0.15) is 0 Å². The maximum absolute atomic E-state index is 12.1. The fraction of sp³-hybridized carbons (Fsp3) is 0.391. The second-order valence-corrected chi connectivity index (χ2v) is 7.25. The standard InChI is InChI=1S/C13H9NO3.C10H20N2O2/c15-13(10-6-2-1-3-7-10)11-8-4-5-9-12(11)14(16)17;1-3-9(4-2)11-5-7-12(8-6-11)10(13)14/h1-9H;9H,3-8H2,1-2H3,(H,13,14). The smallest absolute Gasteiger partial charge is 0.407 e. The van der Waals surface area contributed by atoms with Gasteiger partial charge in [-0.1, -0.05) is 56.3 Å². The first-order chi connectivity index (χ1) is 14.9. The van der Waals surface area contributed by atoms with Crippen LogP contribution in [-0.4, -0.2) is 63.9 Å². The molecule has 166 valence electrons. The van der Waals surface area contributed by atoms with Crippen LogP contribution in [0.5, 0.6) is 0 Å². The van der Waals surface area contributed by atoms with Gasteiger partial charge < -0.3 is 10.0 Å². The first-order valence-electron chi connectivity index (χ1n) is 10.4. The van der Waals surface area contributed by atoms with Gasteiger partial charge in [0.25, 0.3) is 5.69 Å². The number of nitro benzene ring substituents is 1. The van der Waals surface area contributed by atoms with E-state index in [0.717, 1.165) is 25.9 Å². The van der Waals surface area contributed by atoms with Crippen molar-refractivity contribution in [2.45, 2.75) is 32.7 Å². The Bertz CT molecular complexity index is 876. The molecule has 2 aromatic carbocycles. The fourth-order valence-electron chi connectivity index (χ4n) is 3.65. The number of carboxylic acid groups (broad SMARTS) is 1. The average molecular weight is 428 g/mol. The third kappa shape index (κ3) is 6.62. The number of hydrogen-bond acceptors (Lipinski definition) is 5. The molecule has 0 aromatic heterocycles. The normalized spacial score (nSPS) is 14.0. The lowest BCUT2D eigenvalue weighted by Gasteiger charge is -2.37. The summed E-state index contributed by atoms with van der Waals surface area (Å²) in [6.45, 7) is 7.48. The lowest BCUT2D eigenvalue weighted by Crippen LogP contribution is -2.51. The van der Waals surface area contributed by atoms with E-state index in [1.54, 1.807) is 42.5 Å². The van der Waals surface area contributed by atoms with Gasteiger partial charge >= 0.3 is 6.09 Å². The van der Waals surface area contributed by atoms with Crippen molar-refractivity contribution in [1.29, 1.82) is 0 Å². The summed E-state index contributed by atoms with van der Waals surface area (Å²) in [5.74, 6) is -0.335. The van der Waals surface area contributed by atoms with Crippen LogP contribution >= 0.6 is 0 Å². The molecule has 8 nitrogen and oxygen atoms in total. The van der Waals surface area contributed by atoms with Crippen molar-refractivity contribution in [2.24, 2.45) is 0 Å². The molecule has 1 aliphatic rings. The summed E-state index contributed by atoms with van der Waals surface area (Å²) in [7, 11) is 0. The van der Waals surface area contributed by atoms with Gasteiger partial charge in [0, 0.05) is 43.9 Å². The number of nitro groups is 1. The van der Waals surface area contributed by atoms with Crippen LogP contribution in [0.4, 0.5) is 10.5 Å². The summed E-state index contributed by atoms with van der Waals surface area (Å²) in [6, 6.07) is 15.1. The number of amides is 1. The molecule has 0 unspecified atom stereocenters. The van der Waals surface area contributed by atoms with E-state index in [4.69, 9.17) is 5.11 Å². The minimum Gasteiger partial charge on any atom is -0.465 e. The van der Waals surface area contributed by atoms with E-state index in [0.29, 0.717) is 24.7 Å². The monoisotopic (exact) mass is 427 g/mol. The Morgan fingerprint density at radius 2 is 1.52 bits per heavy atom. The molecular weight excluding hydrogens is 398 g/mol. The van der Waals surface area contributed by atoms with Gasteiger partial charge in [-0.05, 0) is 18.9 Å². The molecule has 1 fully saturated rings. The third-order valence-electron chi connectivity index (χ3n) is 5.43. The molecule has 3 rings (SSSR count). The third-order valence-corrected chi connectivity index (χ3v) is 5.43. The molecule has 0 spiro atoms. The van der Waals surface area contributed by atoms with Gasteiger partial charge in [0.1, 0.15) is 5.56 Å². The highest BCUT2D eigenvalue weighted by Crippen LogP contribution is 2.21. The Balaban J connectivity index is 0.000000225. The molecule has 1 N–H and O–H groups in total. The summed E-state index contributed by atoms with van der Waals surface area (Å²) in [5, 5.41) is 19.6. The molecular formula is C23H29N3O5. The summed E-state index contributed by atoms with van der Waals surface area (Å²) >= 11 is 0. The zero-order valence-corrected chi connectivity index (χ0v) is 17.9. The average Bonchev–Trinajstić information content (AvgIpc) is 2.80. The Kier molecular flexibility index (Phi) is 9.14. The Labute approximate surface area is 182 Å². The van der Waals surface area contributed by atoms with Crippen molar-refractivity contribution in [3.05, 3.63) is 75.8 Å². The van der Waals surface area contributed by atoms with Crippen molar-refractivity contribution < 1.29 is 19.6 Å². The summed E-state index contributed by atoms with van der Waals surface area (Å²) in [6.07, 6.45) is 1.53. The van der Waals surface area contributed by atoms with Gasteiger partial charge in [-0.15, -0.1) is 0 Å². The van der Waals surface area contributed by atoms with Crippen molar-refractivity contribution in [1.82, 2.24) is 9.80 Å². The van der Waals surface area contributed by atoms with Gasteiger partial charge in [0.05, 0.1) is 4.92 Å². The predicted molar refractivity (Wildman–Crippen MR) is 119 cm³/mol. The number of benzene rings is 2. The second kappa shape index (κ2) is 11.8. The summed E-state index contributed by atoms with van der Waals surface area (Å²) in [5.41, 5.74) is 0.395. The van der Waals surface area contributed by atoms with E-state index in [1.165, 1.54) is 17.0 Å². The van der Waals surface area contributed by atoms with Crippen LogP contribution < -0.4 is 0 Å². The van der Waals surface area contributed by atoms with Gasteiger partial charge in [-0.25, -0.2) is 4.79 Å². The second-order valence-electron chi connectivity index (χ2n) is 7.25. The van der Waals surface area contributed by atoms with E-state index >= 15 is 0 Å². The number of rotatable bonds is 6. The quantitative estimate of drug-likeness (QED) is 0.419. The Morgan fingerprint density at radius 1 is 0.968 bits per heavy atom. The van der Waals surface area contributed by atoms with Crippen LogP contribution in [-0.2, 0) is 0 Å². The molecule has 0 saturated carbocycles. The summed E-state index contributed by atoms with van der Waals surface area (Å²) in [4.78, 5) is 36.9. The molecule has 1 amide bonds. The minimum atomic E-state index is -0.783. The highest BCUT2D eigenvalue weighted by atomic mass is 16.6. The van der Waals surface area contributed by atoms with E-state index < -0.39 is 11.0 Å². The maximum atomic E-state index is 12.1. The van der Waals surface area contributed by atoms with Gasteiger partial charge in [-0.3, -0.25) is 19.8 Å². The van der Waals surface area contributed by atoms with Crippen LogP contribution in [0.1, 0.15) is 42.6 Å². The van der Waals surface area contributed by atoms with Crippen molar-refractivity contribution in [2.75, 3.05) is 26.2 Å². The number of carbonyl (C=O) groups is 2. The van der Waals surface area contributed by atoms with Gasteiger partial charge in [0.2, 0.25) is 0 Å². The van der Waals surface area contributed by atoms with Crippen LogP contribution in [0, 0.1) is 10.1 Å². The number of nitrogens with zero attached hydrogens (tertiary/aromatic N) is 3. The maximum Gasteiger partial charge on any atom is 0.407 e. The number of carbonyl (C=O) groups excluding carboxylic acids is 1. The first-order valence-corrected chi connectivity index (χ1v) is 10.4. The van der Waals surface area contributed by atoms with E-state index in [1.807, 2.05) is 0 Å². The van der Waals surface area contributed by atoms with Crippen LogP contribution in [0.25, 0.3) is 0 Å². The zero-order chi connectivity index (χ0) is 22.8. The Morgan fingerprint density at radius 3 is 2.03 bits per heavy atom. The molecule has 0 radical (unpaired) electrons. The summed E-state index contributed by atoms with van der Waals surface area (Å²) < 4.78 is 0. The van der Waals surface area contributed by atoms with Crippen molar-refractivity contribution >= 4 is 17.6 Å². The lowest BCUT2D eigenvalue weighted by molar-refractivity contribution is -0.385. The van der Waals surface area contributed by atoms with E-state index in [9.17, 15) is 19.7 Å². The van der Waals surface area contributed by atoms with E-state index in [-0.39, 0.29) is 17.0 Å². The molecule has 2 aromatic rings. The Hall–Kier alpha value is -3.26. The van der Waals surface area contributed by atoms with Crippen molar-refractivity contribution in [3.63, 3.8) is 0 Å². The van der Waals surface area contributed by atoms with E-state index in [2.05, 4.69) is 18.7 Å². The first kappa shape index (κ1) is 24.0. The topological polar surface area (TPSA) is 104 Å². The fourth-order valence-corrected chi connectivity index (χ4v) is 3.65. The largest absolute Gasteiger partial charge is 0.465 e. The molecule has 0 aliphatic carbocycles. The van der Waals surface area contributed by atoms with Crippen LogP contribution in [0.3, 0.4) is 0 Å². The minimum absolute atomic E-state index is 0.115. The molecule has 31 heavy (non-hydrogen) atoms. The number of para-hydroxylation sites is 1. The van der Waals surface area contributed by atoms with Gasteiger partial charge in [0.15, 0.2) is 5.78 Å². The molecule has 0 bridgehead atoms. The number of ketones is 1. The molecule has 1 saturated heterocycles. The number of hydrogen-bond donors (Lipinski definition) is 1. The van der Waals surface area contributed by atoms with Crippen LogP contribution in [0.2, 0.25) is 0 Å².